The number of hydrogen-bond donors (Lipinski definition) is 0. The number of carbonyl (C=O) groups is 1. The number of piperazine rings is 1. The van der Waals surface area contributed by atoms with Crippen molar-refractivity contribution in [1.82, 2.24) is 19.7 Å². The molecule has 216 valence electrons. The van der Waals surface area contributed by atoms with Crippen LogP contribution in [0.25, 0.3) is 10.2 Å². The molecule has 0 bridgehead atoms. The molecule has 4 heterocycles. The average molecular weight is 583 g/mol. The van der Waals surface area contributed by atoms with Crippen LogP contribution in [0.5, 0.6) is 0 Å². The second-order valence-electron chi connectivity index (χ2n) is 11.2. The lowest BCUT2D eigenvalue weighted by Gasteiger charge is -2.43. The molecule has 0 N–H and O–H groups in total. The lowest BCUT2D eigenvalue weighted by atomic mass is 9.91. The van der Waals surface area contributed by atoms with E-state index in [0.29, 0.717) is 50.3 Å². The Hall–Kier alpha value is -3.60. The van der Waals surface area contributed by atoms with E-state index in [2.05, 4.69) is 21.0 Å². The summed E-state index contributed by atoms with van der Waals surface area (Å²) in [6, 6.07) is 10.8. The number of fused-ring (bicyclic) bond motifs is 2. The van der Waals surface area contributed by atoms with E-state index in [-0.39, 0.29) is 18.5 Å². The fourth-order valence-electron chi connectivity index (χ4n) is 6.14. The Morgan fingerprint density at radius 2 is 1.83 bits per heavy atom. The number of aryl methyl sites for hydroxylation is 3. The van der Waals surface area contributed by atoms with Crippen molar-refractivity contribution < 1.29 is 18.0 Å². The molecule has 7 nitrogen and oxygen atoms in total. The molecule has 1 unspecified atom stereocenters. The van der Waals surface area contributed by atoms with Crippen molar-refractivity contribution in [2.24, 2.45) is 0 Å². The molecule has 6 rings (SSSR count). The van der Waals surface area contributed by atoms with Crippen LogP contribution < -0.4 is 9.80 Å². The largest absolute Gasteiger partial charge is 0.416 e. The van der Waals surface area contributed by atoms with Gasteiger partial charge in [0.15, 0.2) is 5.13 Å². The molecule has 2 aliphatic rings. The van der Waals surface area contributed by atoms with E-state index in [1.54, 1.807) is 22.1 Å². The topological polar surface area (TPSA) is 57.5 Å². The zero-order valence-corrected chi connectivity index (χ0v) is 24.4. The molecule has 2 aromatic carbocycles. The molecule has 2 aromatic heterocycles. The van der Waals surface area contributed by atoms with Gasteiger partial charge >= 0.3 is 6.18 Å². The van der Waals surface area contributed by atoms with Gasteiger partial charge in [-0.15, -0.1) is 0 Å². The van der Waals surface area contributed by atoms with Gasteiger partial charge in [-0.25, -0.2) is 4.98 Å². The van der Waals surface area contributed by atoms with E-state index < -0.39 is 11.7 Å². The lowest BCUT2D eigenvalue weighted by Crippen LogP contribution is -2.55. The third kappa shape index (κ3) is 5.27. The van der Waals surface area contributed by atoms with Crippen molar-refractivity contribution >= 4 is 38.3 Å². The number of alkyl halides is 3. The van der Waals surface area contributed by atoms with E-state index in [0.717, 1.165) is 38.0 Å². The number of nitrogens with zero attached hydrogens (tertiary/aromatic N) is 6. The van der Waals surface area contributed by atoms with Crippen LogP contribution in [-0.4, -0.2) is 57.8 Å². The molecule has 0 radical (unpaired) electrons. The van der Waals surface area contributed by atoms with Crippen LogP contribution in [0.1, 0.15) is 40.6 Å². The normalized spacial score (nSPS) is 17.8. The highest BCUT2D eigenvalue weighted by Crippen LogP contribution is 2.42. The Bertz CT molecular complexity index is 1630. The monoisotopic (exact) mass is 582 g/mol. The quantitative estimate of drug-likeness (QED) is 0.307. The molecule has 1 fully saturated rings. The third-order valence-electron chi connectivity index (χ3n) is 8.17. The standard InChI is InChI=1S/C30H33F3N6OS/c1-18-5-7-25-27(13-18)41-29(34-25)37-10-9-22-23(16-37)26(8-6-24(22)30(31,32)33)36-11-12-38(21(4)15-36)28(40)17-39-20(3)14-19(2)35-39/h5-8,13-14,21H,9-12,15-17H2,1-4H3. The number of amides is 1. The molecule has 4 aromatic rings. The van der Waals surface area contributed by atoms with Gasteiger partial charge in [-0.05, 0) is 81.1 Å². The van der Waals surface area contributed by atoms with Crippen LogP contribution >= 0.6 is 11.3 Å². The van der Waals surface area contributed by atoms with Gasteiger partial charge in [0.25, 0.3) is 0 Å². The van der Waals surface area contributed by atoms with Gasteiger partial charge in [-0.2, -0.15) is 18.3 Å². The zero-order chi connectivity index (χ0) is 29.1. The molecule has 1 amide bonds. The summed E-state index contributed by atoms with van der Waals surface area (Å²) in [5, 5.41) is 5.24. The average Bonchev–Trinajstić information content (AvgIpc) is 3.48. The maximum absolute atomic E-state index is 14.1. The maximum atomic E-state index is 14.1. The zero-order valence-electron chi connectivity index (χ0n) is 23.6. The second-order valence-corrected chi connectivity index (χ2v) is 12.2. The molecule has 1 atom stereocenters. The summed E-state index contributed by atoms with van der Waals surface area (Å²) in [6.45, 7) is 10.5. The van der Waals surface area contributed by atoms with Gasteiger partial charge in [0, 0.05) is 50.1 Å². The van der Waals surface area contributed by atoms with Gasteiger partial charge < -0.3 is 14.7 Å². The third-order valence-corrected chi connectivity index (χ3v) is 9.25. The fraction of sp³-hybridized carbons (Fsp3) is 0.433. The van der Waals surface area contributed by atoms with Gasteiger partial charge in [-0.1, -0.05) is 17.4 Å². The van der Waals surface area contributed by atoms with Crippen LogP contribution in [0.2, 0.25) is 0 Å². The van der Waals surface area contributed by atoms with Gasteiger partial charge in [0.2, 0.25) is 5.91 Å². The van der Waals surface area contributed by atoms with Crippen LogP contribution in [0.3, 0.4) is 0 Å². The summed E-state index contributed by atoms with van der Waals surface area (Å²) in [6.07, 6.45) is -4.12. The summed E-state index contributed by atoms with van der Waals surface area (Å²) >= 11 is 1.58. The first-order chi connectivity index (χ1) is 19.5. The second kappa shape index (κ2) is 10.3. The Balaban J connectivity index is 1.27. The fourth-order valence-corrected chi connectivity index (χ4v) is 7.23. The predicted molar refractivity (Wildman–Crippen MR) is 156 cm³/mol. The lowest BCUT2D eigenvalue weighted by molar-refractivity contribution is -0.138. The summed E-state index contributed by atoms with van der Waals surface area (Å²) in [5.74, 6) is -0.00459. The number of hydrogen-bond acceptors (Lipinski definition) is 6. The van der Waals surface area contributed by atoms with E-state index >= 15 is 0 Å². The smallest absolute Gasteiger partial charge is 0.367 e. The van der Waals surface area contributed by atoms with Gasteiger partial charge in [-0.3, -0.25) is 9.48 Å². The molecule has 0 spiro atoms. The molecule has 1 saturated heterocycles. The molecular formula is C30H33F3N6OS. The molecular weight excluding hydrogens is 549 g/mol. The highest BCUT2D eigenvalue weighted by Gasteiger charge is 2.38. The maximum Gasteiger partial charge on any atom is 0.416 e. The number of benzene rings is 2. The van der Waals surface area contributed by atoms with Crippen molar-refractivity contribution in [1.29, 1.82) is 0 Å². The summed E-state index contributed by atoms with van der Waals surface area (Å²) in [4.78, 5) is 24.1. The highest BCUT2D eigenvalue weighted by atomic mass is 32.1. The van der Waals surface area contributed by atoms with Crippen LogP contribution in [0.15, 0.2) is 36.4 Å². The van der Waals surface area contributed by atoms with Crippen LogP contribution in [0.4, 0.5) is 24.0 Å². The van der Waals surface area contributed by atoms with E-state index in [1.165, 1.54) is 6.07 Å². The van der Waals surface area contributed by atoms with Crippen molar-refractivity contribution in [2.75, 3.05) is 36.0 Å². The van der Waals surface area contributed by atoms with E-state index in [9.17, 15) is 18.0 Å². The molecule has 11 heteroatoms. The first kappa shape index (κ1) is 27.6. The molecule has 0 aliphatic carbocycles. The Kier molecular flexibility index (Phi) is 6.96. The molecule has 41 heavy (non-hydrogen) atoms. The van der Waals surface area contributed by atoms with E-state index in [1.807, 2.05) is 50.8 Å². The Morgan fingerprint density at radius 3 is 2.54 bits per heavy atom. The highest BCUT2D eigenvalue weighted by molar-refractivity contribution is 7.22. The number of thiazole rings is 1. The van der Waals surface area contributed by atoms with Crippen molar-refractivity contribution in [3.8, 4) is 0 Å². The van der Waals surface area contributed by atoms with Gasteiger partial charge in [0.05, 0.1) is 21.5 Å². The summed E-state index contributed by atoms with van der Waals surface area (Å²) in [5.41, 5.74) is 5.20. The number of rotatable bonds is 4. The first-order valence-corrected chi connectivity index (χ1v) is 14.7. The number of aromatic nitrogens is 3. The minimum absolute atomic E-state index is 0.00459. The van der Waals surface area contributed by atoms with E-state index in [4.69, 9.17) is 4.98 Å². The van der Waals surface area contributed by atoms with Gasteiger partial charge in [0.1, 0.15) is 6.54 Å². The Morgan fingerprint density at radius 1 is 1.02 bits per heavy atom. The van der Waals surface area contributed by atoms with Crippen molar-refractivity contribution in [3.05, 3.63) is 70.0 Å². The number of anilines is 2. The number of halogens is 3. The summed E-state index contributed by atoms with van der Waals surface area (Å²) in [7, 11) is 0. The van der Waals surface area contributed by atoms with Crippen LogP contribution in [0, 0.1) is 20.8 Å². The molecule has 2 aliphatic heterocycles. The minimum Gasteiger partial charge on any atom is -0.367 e. The first-order valence-electron chi connectivity index (χ1n) is 13.9. The minimum atomic E-state index is -4.42. The van der Waals surface area contributed by atoms with Crippen LogP contribution in [-0.2, 0) is 30.5 Å². The SMILES string of the molecule is Cc1ccc2nc(N3CCc4c(C(F)(F)F)ccc(N5CCN(C(=O)Cn6nc(C)cc6C)C(C)C5)c4C3)sc2c1. The van der Waals surface area contributed by atoms with Crippen molar-refractivity contribution in [3.63, 3.8) is 0 Å². The predicted octanol–water partition coefficient (Wildman–Crippen LogP) is 5.74. The number of carbonyl (C=O) groups excluding carboxylic acids is 1. The summed E-state index contributed by atoms with van der Waals surface area (Å²) < 4.78 is 45.0. The molecule has 0 saturated carbocycles. The Labute approximate surface area is 241 Å². The van der Waals surface area contributed by atoms with Crippen molar-refractivity contribution in [2.45, 2.75) is 59.4 Å².